The van der Waals surface area contributed by atoms with Crippen molar-refractivity contribution in [3.63, 3.8) is 0 Å². The van der Waals surface area contributed by atoms with Crippen LogP contribution >= 0.6 is 15.9 Å². The Bertz CT molecular complexity index is 5210. The summed E-state index contributed by atoms with van der Waals surface area (Å²) in [7, 11) is 12.6. The molecule has 722 valence electrons. The third-order valence-corrected chi connectivity index (χ3v) is 25.7. The molecule has 0 bridgehead atoms. The fraction of sp³-hybridized carbons (Fsp3) is 0.433. The molecular formula is C90H139BrF10N10O16. The van der Waals surface area contributed by atoms with Crippen LogP contribution in [-0.4, -0.2) is 217 Å². The quantitative estimate of drug-likeness (QED) is 0.0350. The highest BCUT2D eigenvalue weighted by molar-refractivity contribution is 9.10. The van der Waals surface area contributed by atoms with Crippen molar-refractivity contribution >= 4 is 45.5 Å². The van der Waals surface area contributed by atoms with Gasteiger partial charge in [-0.05, 0) is 83.9 Å². The normalized spacial score (nSPS) is 30.1. The van der Waals surface area contributed by atoms with E-state index in [-0.39, 0.29) is 149 Å². The molecule has 10 heterocycles. The van der Waals surface area contributed by atoms with Gasteiger partial charge in [0, 0.05) is 167 Å². The standard InChI is InChI=1S/C23H24F2N2O3.C17H19BrF2N2O3.C17H20F2N2O4.C17H20F2N2O3.C16H18F2N2O3.19H2/c1-15-26-23(19-9-8-17(24)10-21(19)25)14-30-18(11-20(23)22(28)27(15)2)13-29-12-16-6-4-3-5-7-16;1-9-21-17(11-5-13(18)15(20)6-14(11)19)8-25-10(7-24-3)4-12(17)16(23)22(9)2;1-9-20-17(11-5-15(22)14(19)6-13(11)18)8-25-10(7-24-3)4-12(17)16(23)21(9)2;1-10-20-17(13-5-4-11(18)6-15(13)19)9-24-12(8-23-3)7-14(17)16(22)21(10)2;1-9-19-16(12-4-3-10(17)5-14(12)18)8-23-11(7-21)6-13(16)15(22)20(9)2;;;;;;;;;;;;;;;;;;;/h3-10,18,20,26H,1,11-14H2,2H3;5-6,10,12,21H,1,4,7-8H2,2-3H3;5-6,10,12,20,22H,1,4,7-8H2,2-3H3;4-6,12,14,20H,1,7-9H2,2-3H3;3-5,11,13,19,21H,1,6-8H2,2H3;19*1H/t18-,20+,23-;2*10-,12+,17-;12-,14+,17-;11-,13+,16-;;;;;;;;;;;;;;;;;;;/m11111.................../s1/i;;;;;16*1+1D;3*1+1. The SMILES string of the molecule is C=C1N[C@@]2(c3cc(Br)c(F)cc3F)CO[C@@H](COC)C[C@H]2C(=O)N1C.C=C1N[C@@]2(c3cc(O)c(F)cc3F)CO[C@@H](COC)C[C@H]2C(=O)N1C.C=C1N[C@@]2(c3ccc(F)cc3F)CO[C@@H](CO)C[C@H]2C(=O)N1C.C=C1N[C@@]2(c3ccc(F)cc3F)CO[C@@H](COC)C[C@H]2C(=O)N1C.C=C1N[C@@]2(c3ccc(F)cc3F)CO[C@@H](COCc3ccccc3)C[C@H]2C(=O)N1C.[2HH].[2HH].[2HH].[2H][2H].[2H][2H].[2H][2H].[2H][2H].[2H][2H].[2H][2H].[2H][2H].[2H][2H].[2H][2H].[2H][2H].[2H][2H].[2H][2H].[2H][2H].[2H][2H].[2H][2H].[2H][2H]. The second-order valence-corrected chi connectivity index (χ2v) is 33.6. The van der Waals surface area contributed by atoms with Gasteiger partial charge < -0.3 is 104 Å². The van der Waals surface area contributed by atoms with E-state index in [0.717, 1.165) is 42.0 Å². The Balaban J connectivity index is -0.000000286. The zero-order chi connectivity index (χ0) is 124. The van der Waals surface area contributed by atoms with Crippen LogP contribution in [0, 0.1) is 87.8 Å². The van der Waals surface area contributed by atoms with Crippen LogP contribution in [0.1, 0.15) is 117 Å². The minimum Gasteiger partial charge on any atom is -0.505 e. The van der Waals surface area contributed by atoms with E-state index >= 15 is 0 Å². The molecule has 15 atom stereocenters. The second kappa shape index (κ2) is 39.2. The molecular weight excluding hydrogens is 1750 g/mol. The minimum absolute atomic E-state index is 0. The number of methoxy groups -OCH3 is 3. The number of fused-ring (bicyclic) bond motifs is 5. The van der Waals surface area contributed by atoms with Crippen LogP contribution < -0.4 is 26.6 Å². The molecule has 7 N–H and O–H groups in total. The number of aliphatic hydroxyl groups excluding tert-OH is 1. The molecule has 0 saturated carbocycles. The van der Waals surface area contributed by atoms with Gasteiger partial charge in [0.2, 0.25) is 29.5 Å². The molecule has 26 nitrogen and oxygen atoms in total. The third kappa shape index (κ3) is 18.9. The first-order valence-electron chi connectivity index (χ1n) is 56.5. The molecule has 6 aromatic carbocycles. The molecule has 10 fully saturated rings. The van der Waals surface area contributed by atoms with Gasteiger partial charge in [0.05, 0.1) is 137 Å². The van der Waals surface area contributed by atoms with E-state index < -0.39 is 127 Å². The van der Waals surface area contributed by atoms with Gasteiger partial charge in [-0.1, -0.05) is 81.4 Å². The number of halogens is 11. The lowest BCUT2D eigenvalue weighted by atomic mass is 9.71. The summed E-state index contributed by atoms with van der Waals surface area (Å²) in [6.07, 6.45) is -0.0999. The monoisotopic (exact) mass is 1920 g/mol. The lowest BCUT2D eigenvalue weighted by Gasteiger charge is -2.52. The molecule has 16 rings (SSSR count). The summed E-state index contributed by atoms with van der Waals surface area (Å²) in [5.74, 6) is -10.8. The summed E-state index contributed by atoms with van der Waals surface area (Å²) in [4.78, 5) is 71.3. The zero-order valence-electron chi connectivity index (χ0n) is 103. The Hall–Kier alpha value is -10.5. The number of ether oxygens (including phenoxy) is 9. The molecule has 37 heteroatoms. The van der Waals surface area contributed by atoms with Crippen LogP contribution in [-0.2, 0) is 101 Å². The van der Waals surface area contributed by atoms with Crippen molar-refractivity contribution in [2.24, 2.45) is 29.6 Å². The minimum atomic E-state index is -1.28. The summed E-state index contributed by atoms with van der Waals surface area (Å²) in [6, 6.07) is 23.5. The van der Waals surface area contributed by atoms with Crippen LogP contribution in [0.2, 0.25) is 0 Å². The molecule has 0 spiro atoms. The van der Waals surface area contributed by atoms with Crippen molar-refractivity contribution in [2.45, 2.75) is 96.9 Å². The van der Waals surface area contributed by atoms with E-state index in [4.69, 9.17) is 90.1 Å². The van der Waals surface area contributed by atoms with E-state index in [0.29, 0.717) is 81.6 Å². The van der Waals surface area contributed by atoms with Crippen molar-refractivity contribution in [3.8, 4) is 5.75 Å². The number of amides is 5. The highest BCUT2D eigenvalue weighted by Gasteiger charge is 2.61. The van der Waals surface area contributed by atoms with E-state index in [1.165, 1.54) is 68.0 Å². The first-order chi connectivity index (χ1) is 76.3. The molecule has 6 aromatic rings. The maximum atomic E-state index is 14.7. The summed E-state index contributed by atoms with van der Waals surface area (Å²) in [5.41, 5.74) is -4.11. The number of phenolic OH excluding ortho intramolecular Hbond substituents is 1. The molecule has 10 aliphatic heterocycles. The van der Waals surface area contributed by atoms with Gasteiger partial charge in [-0.25, -0.2) is 43.9 Å². The molecule has 5 amide bonds. The van der Waals surface area contributed by atoms with Crippen molar-refractivity contribution in [1.29, 1.82) is 0 Å². The maximum absolute atomic E-state index is 14.7. The average Bonchev–Trinajstić information content (AvgIpc) is 0.735. The van der Waals surface area contributed by atoms with E-state index in [1.807, 2.05) is 30.3 Å². The summed E-state index contributed by atoms with van der Waals surface area (Å²) in [6.45, 7) is 20.7. The van der Waals surface area contributed by atoms with Crippen molar-refractivity contribution < 1.29 is 173 Å². The highest BCUT2D eigenvalue weighted by atomic mass is 79.9. The largest absolute Gasteiger partial charge is 0.505 e. The third-order valence-electron chi connectivity index (χ3n) is 25.1. The Morgan fingerprint density at radius 1 is 0.394 bits per heavy atom. The number of phenols is 1. The number of carbonyl (C=O) groups excluding carboxylic acids is 5. The fourth-order valence-corrected chi connectivity index (χ4v) is 18.5. The molecule has 0 aromatic heterocycles. The summed E-state index contributed by atoms with van der Waals surface area (Å²) < 4.78 is 350. The Morgan fingerprint density at radius 3 is 0.976 bits per heavy atom. The smallest absolute Gasteiger partial charge is 0.233 e. The van der Waals surface area contributed by atoms with Crippen molar-refractivity contribution in [2.75, 3.05) is 123 Å². The summed E-state index contributed by atoms with van der Waals surface area (Å²) >= 11 is 3.09. The number of rotatable bonds is 16. The Kier molecular flexibility index (Phi) is 23.3. The van der Waals surface area contributed by atoms with Gasteiger partial charge in [0.25, 0.3) is 0 Å². The van der Waals surface area contributed by atoms with Gasteiger partial charge in [-0.3, -0.25) is 24.0 Å². The lowest BCUT2D eigenvalue weighted by molar-refractivity contribution is -0.159. The lowest BCUT2D eigenvalue weighted by Crippen LogP contribution is -2.66. The molecule has 127 heavy (non-hydrogen) atoms. The second-order valence-electron chi connectivity index (χ2n) is 32.8. The first kappa shape index (κ1) is 75.5. The number of benzene rings is 6. The van der Waals surface area contributed by atoms with Gasteiger partial charge >= 0.3 is 0 Å². The molecule has 0 aliphatic carbocycles. The molecule has 10 aliphatic rings. The number of aliphatic hydroxyl groups is 1. The van der Waals surface area contributed by atoms with Crippen LogP contribution in [0.25, 0.3) is 0 Å². The number of carbonyl (C=O) groups is 5. The average molecular weight is 1920 g/mol. The number of nitrogens with zero attached hydrogens (tertiary/aromatic N) is 5. The molecule has 0 radical (unpaired) electrons. The zero-order valence-corrected chi connectivity index (χ0v) is 72.6. The number of nitrogens with one attached hydrogen (secondary N) is 5. The predicted octanol–water partition coefficient (Wildman–Crippen LogP) is 14.8. The maximum Gasteiger partial charge on any atom is 0.233 e. The van der Waals surface area contributed by atoms with Crippen molar-refractivity contribution in [3.05, 3.63) is 267 Å². The topological polar surface area (TPSA) is 285 Å². The number of hydrogen-bond donors (Lipinski definition) is 7. The van der Waals surface area contributed by atoms with Crippen LogP contribution in [0.15, 0.2) is 176 Å². The van der Waals surface area contributed by atoms with Gasteiger partial charge in [0.15, 0.2) is 11.6 Å². The molecule has 10 saturated heterocycles. The first-order valence-corrected chi connectivity index (χ1v) is 41.3. The van der Waals surface area contributed by atoms with Gasteiger partial charge in [-0.15, -0.1) is 0 Å². The van der Waals surface area contributed by atoms with Crippen LogP contribution in [0.4, 0.5) is 43.9 Å². The van der Waals surface area contributed by atoms with Gasteiger partial charge in [-0.2, -0.15) is 0 Å². The van der Waals surface area contributed by atoms with E-state index in [1.54, 1.807) is 49.5 Å². The number of aromatic hydroxyl groups is 1. The highest BCUT2D eigenvalue weighted by Crippen LogP contribution is 2.51. The predicted molar refractivity (Wildman–Crippen MR) is 483 cm³/mol. The fourth-order valence-electron chi connectivity index (χ4n) is 18.1. The van der Waals surface area contributed by atoms with Gasteiger partial charge in [0.1, 0.15) is 109 Å². The van der Waals surface area contributed by atoms with Crippen LogP contribution in [0.5, 0.6) is 5.75 Å². The number of hydrogen-bond acceptors (Lipinski definition) is 21. The van der Waals surface area contributed by atoms with E-state index in [2.05, 4.69) is 75.4 Å². The van der Waals surface area contributed by atoms with Crippen molar-refractivity contribution in [1.82, 2.24) is 51.1 Å². The van der Waals surface area contributed by atoms with Crippen LogP contribution in [0.3, 0.4) is 0 Å². The Labute approximate surface area is 789 Å². The summed E-state index contributed by atoms with van der Waals surface area (Å²) in [5, 5.41) is 34.6. The van der Waals surface area contributed by atoms with E-state index in [9.17, 15) is 78.1 Å². The molecule has 0 unspecified atom stereocenters. The Morgan fingerprint density at radius 2 is 0.669 bits per heavy atom.